The zero-order valence-corrected chi connectivity index (χ0v) is 7.81. The first-order valence-corrected chi connectivity index (χ1v) is 4.40. The second-order valence-electron chi connectivity index (χ2n) is 2.75. The third kappa shape index (κ3) is 2.32. The van der Waals surface area contributed by atoms with Crippen LogP contribution >= 0.6 is 11.6 Å². The van der Waals surface area contributed by atoms with Gasteiger partial charge in [0.25, 0.3) is 0 Å². The molecule has 0 bridgehead atoms. The van der Waals surface area contributed by atoms with Gasteiger partial charge < -0.3 is 10.8 Å². The minimum atomic E-state index is -0.642. The van der Waals surface area contributed by atoms with Crippen LogP contribution in [0.15, 0.2) is 12.1 Å². The highest BCUT2D eigenvalue weighted by atomic mass is 35.5. The van der Waals surface area contributed by atoms with E-state index in [1.807, 2.05) is 0 Å². The van der Waals surface area contributed by atoms with Crippen LogP contribution in [0.2, 0.25) is 5.02 Å². The van der Waals surface area contributed by atoms with Crippen molar-refractivity contribution in [1.29, 1.82) is 0 Å². The van der Waals surface area contributed by atoms with Crippen LogP contribution in [0.1, 0.15) is 12.0 Å². The fourth-order valence-electron chi connectivity index (χ4n) is 1.10. The Kier molecular flexibility index (Phi) is 3.51. The van der Waals surface area contributed by atoms with E-state index >= 15 is 0 Å². The van der Waals surface area contributed by atoms with Gasteiger partial charge in [-0.1, -0.05) is 11.6 Å². The summed E-state index contributed by atoms with van der Waals surface area (Å²) in [7, 11) is 0. The molecule has 1 rings (SSSR count). The summed E-state index contributed by atoms with van der Waals surface area (Å²) in [4.78, 5) is 0. The molecule has 0 unspecified atom stereocenters. The SMILES string of the molecule is NCCCc1c(Cl)ccc(F)c1O. The molecule has 72 valence electrons. The third-order valence-electron chi connectivity index (χ3n) is 1.81. The first kappa shape index (κ1) is 10.3. The van der Waals surface area contributed by atoms with Gasteiger partial charge in [0.1, 0.15) is 0 Å². The Bertz CT molecular complexity index is 304. The van der Waals surface area contributed by atoms with Gasteiger partial charge in [0.2, 0.25) is 0 Å². The lowest BCUT2D eigenvalue weighted by molar-refractivity contribution is 0.425. The summed E-state index contributed by atoms with van der Waals surface area (Å²) in [5.41, 5.74) is 5.73. The highest BCUT2D eigenvalue weighted by Gasteiger charge is 2.10. The first-order chi connectivity index (χ1) is 6.16. The van der Waals surface area contributed by atoms with Gasteiger partial charge in [0.05, 0.1) is 0 Å². The largest absolute Gasteiger partial charge is 0.505 e. The second kappa shape index (κ2) is 4.44. The smallest absolute Gasteiger partial charge is 0.165 e. The van der Waals surface area contributed by atoms with Gasteiger partial charge in [-0.3, -0.25) is 0 Å². The number of nitrogens with two attached hydrogens (primary N) is 1. The molecule has 13 heavy (non-hydrogen) atoms. The van der Waals surface area contributed by atoms with Crippen LogP contribution in [0, 0.1) is 5.82 Å². The van der Waals surface area contributed by atoms with Crippen molar-refractivity contribution in [2.75, 3.05) is 6.54 Å². The summed E-state index contributed by atoms with van der Waals surface area (Å²) in [5.74, 6) is -1.00. The van der Waals surface area contributed by atoms with Gasteiger partial charge in [0, 0.05) is 10.6 Å². The maximum atomic E-state index is 12.8. The van der Waals surface area contributed by atoms with E-state index in [1.54, 1.807) is 0 Å². The summed E-state index contributed by atoms with van der Waals surface area (Å²) >= 11 is 5.77. The molecule has 0 aliphatic carbocycles. The van der Waals surface area contributed by atoms with E-state index in [0.29, 0.717) is 30.0 Å². The number of rotatable bonds is 3. The average molecular weight is 204 g/mol. The maximum absolute atomic E-state index is 12.8. The van der Waals surface area contributed by atoms with Gasteiger partial charge in [-0.2, -0.15) is 0 Å². The van der Waals surface area contributed by atoms with Crippen molar-refractivity contribution in [1.82, 2.24) is 0 Å². The Morgan fingerprint density at radius 2 is 2.15 bits per heavy atom. The lowest BCUT2D eigenvalue weighted by Gasteiger charge is -2.06. The van der Waals surface area contributed by atoms with Gasteiger partial charge in [0.15, 0.2) is 11.6 Å². The fourth-order valence-corrected chi connectivity index (χ4v) is 1.35. The Morgan fingerprint density at radius 1 is 1.46 bits per heavy atom. The van der Waals surface area contributed by atoms with Crippen molar-refractivity contribution in [2.45, 2.75) is 12.8 Å². The average Bonchev–Trinajstić information content (AvgIpc) is 2.12. The predicted octanol–water partition coefficient (Wildman–Crippen LogP) is 2.08. The Morgan fingerprint density at radius 3 is 2.77 bits per heavy atom. The van der Waals surface area contributed by atoms with E-state index in [4.69, 9.17) is 17.3 Å². The van der Waals surface area contributed by atoms with Crippen molar-refractivity contribution >= 4 is 11.6 Å². The van der Waals surface area contributed by atoms with Crippen LogP contribution in [0.25, 0.3) is 0 Å². The Balaban J connectivity index is 2.96. The Hall–Kier alpha value is -0.800. The van der Waals surface area contributed by atoms with Crippen LogP contribution in [-0.4, -0.2) is 11.7 Å². The molecule has 0 aliphatic rings. The molecule has 1 aromatic rings. The lowest BCUT2D eigenvalue weighted by atomic mass is 10.1. The molecule has 0 amide bonds. The highest BCUT2D eigenvalue weighted by molar-refractivity contribution is 6.31. The van der Waals surface area contributed by atoms with Crippen LogP contribution < -0.4 is 5.73 Å². The summed E-state index contributed by atoms with van der Waals surface area (Å²) in [6.07, 6.45) is 1.18. The maximum Gasteiger partial charge on any atom is 0.165 e. The van der Waals surface area contributed by atoms with Crippen molar-refractivity contribution in [3.05, 3.63) is 28.5 Å². The summed E-state index contributed by atoms with van der Waals surface area (Å²) in [6, 6.07) is 2.58. The molecule has 0 spiro atoms. The summed E-state index contributed by atoms with van der Waals surface area (Å²) in [6.45, 7) is 0.492. The van der Waals surface area contributed by atoms with Gasteiger partial charge in [-0.05, 0) is 31.5 Å². The van der Waals surface area contributed by atoms with Crippen LogP contribution in [0.4, 0.5) is 4.39 Å². The molecule has 0 radical (unpaired) electrons. The van der Waals surface area contributed by atoms with E-state index in [2.05, 4.69) is 0 Å². The molecule has 4 heteroatoms. The predicted molar refractivity (Wildman–Crippen MR) is 50.5 cm³/mol. The Labute approximate surface area is 81.1 Å². The van der Waals surface area contributed by atoms with E-state index < -0.39 is 5.82 Å². The van der Waals surface area contributed by atoms with Gasteiger partial charge in [-0.15, -0.1) is 0 Å². The standard InChI is InChI=1S/C9H11ClFNO/c10-7-3-4-8(11)9(13)6(7)2-1-5-12/h3-4,13H,1-2,5,12H2. The van der Waals surface area contributed by atoms with Crippen LogP contribution in [0.5, 0.6) is 5.75 Å². The lowest BCUT2D eigenvalue weighted by Crippen LogP contribution is -2.01. The molecule has 2 nitrogen and oxygen atoms in total. The number of aromatic hydroxyl groups is 1. The zero-order valence-electron chi connectivity index (χ0n) is 7.06. The summed E-state index contributed by atoms with van der Waals surface area (Å²) < 4.78 is 12.8. The van der Waals surface area contributed by atoms with E-state index in [9.17, 15) is 9.50 Å². The zero-order chi connectivity index (χ0) is 9.84. The van der Waals surface area contributed by atoms with Crippen molar-refractivity contribution in [2.24, 2.45) is 5.73 Å². The van der Waals surface area contributed by atoms with E-state index in [1.165, 1.54) is 6.07 Å². The molecule has 0 aliphatic heterocycles. The van der Waals surface area contributed by atoms with Gasteiger partial charge in [-0.25, -0.2) is 4.39 Å². The van der Waals surface area contributed by atoms with E-state index in [-0.39, 0.29) is 5.75 Å². The third-order valence-corrected chi connectivity index (χ3v) is 2.16. The van der Waals surface area contributed by atoms with Crippen molar-refractivity contribution in [3.8, 4) is 5.75 Å². The number of phenolic OH excluding ortho intramolecular Hbond substituents is 1. The van der Waals surface area contributed by atoms with Crippen LogP contribution in [0.3, 0.4) is 0 Å². The van der Waals surface area contributed by atoms with Crippen molar-refractivity contribution in [3.63, 3.8) is 0 Å². The highest BCUT2D eigenvalue weighted by Crippen LogP contribution is 2.29. The topological polar surface area (TPSA) is 46.2 Å². The molecule has 3 N–H and O–H groups in total. The molecule has 0 heterocycles. The van der Waals surface area contributed by atoms with Crippen molar-refractivity contribution < 1.29 is 9.50 Å². The molecule has 1 aromatic carbocycles. The number of hydrogen-bond acceptors (Lipinski definition) is 2. The first-order valence-electron chi connectivity index (χ1n) is 4.02. The minimum Gasteiger partial charge on any atom is -0.505 e. The molecule has 0 aromatic heterocycles. The second-order valence-corrected chi connectivity index (χ2v) is 3.16. The summed E-state index contributed by atoms with van der Waals surface area (Å²) in [5, 5.41) is 9.69. The quantitative estimate of drug-likeness (QED) is 0.790. The molecular formula is C9H11ClFNO. The van der Waals surface area contributed by atoms with Crippen LogP contribution in [-0.2, 0) is 6.42 Å². The molecule has 0 atom stereocenters. The molecule has 0 saturated heterocycles. The number of phenols is 1. The number of benzene rings is 1. The molecule has 0 saturated carbocycles. The molecular weight excluding hydrogens is 193 g/mol. The minimum absolute atomic E-state index is 0.360. The monoisotopic (exact) mass is 203 g/mol. The number of hydrogen-bond donors (Lipinski definition) is 2. The van der Waals surface area contributed by atoms with E-state index in [0.717, 1.165) is 6.07 Å². The fraction of sp³-hybridized carbons (Fsp3) is 0.333. The number of halogens is 2. The normalized spacial score (nSPS) is 10.4. The van der Waals surface area contributed by atoms with Gasteiger partial charge >= 0.3 is 0 Å². The molecule has 0 fully saturated rings.